The number of hydrogen-bond donors (Lipinski definition) is 1. The first-order chi connectivity index (χ1) is 14.6. The molecule has 6 nitrogen and oxygen atoms in total. The van der Waals surface area contributed by atoms with Crippen LogP contribution in [0.25, 0.3) is 10.9 Å². The van der Waals surface area contributed by atoms with Crippen molar-refractivity contribution in [1.29, 1.82) is 0 Å². The molecule has 0 radical (unpaired) electrons. The highest BCUT2D eigenvalue weighted by molar-refractivity contribution is 7.89. The SMILES string of the molecule is Cc1ccc2ncccc2c1S(=O)(=O)N1CCNC(=O)C1c1ccc(C(F)(F)F)cc1. The van der Waals surface area contributed by atoms with E-state index in [9.17, 15) is 26.4 Å². The second kappa shape index (κ2) is 7.61. The number of nitrogens with one attached hydrogen (secondary N) is 1. The van der Waals surface area contributed by atoms with E-state index in [2.05, 4.69) is 10.3 Å². The third-order valence-corrected chi connectivity index (χ3v) is 7.29. The van der Waals surface area contributed by atoms with Crippen LogP contribution in [0.3, 0.4) is 0 Å². The monoisotopic (exact) mass is 449 g/mol. The molecule has 1 amide bonds. The summed E-state index contributed by atoms with van der Waals surface area (Å²) in [4.78, 5) is 16.9. The van der Waals surface area contributed by atoms with E-state index >= 15 is 0 Å². The summed E-state index contributed by atoms with van der Waals surface area (Å²) in [5, 5.41) is 3.02. The summed E-state index contributed by atoms with van der Waals surface area (Å²) in [6.45, 7) is 1.73. The minimum atomic E-state index is -4.54. The molecule has 2 heterocycles. The molecule has 4 rings (SSSR count). The molecule has 1 fully saturated rings. The Bertz CT molecular complexity index is 1260. The molecule has 1 aromatic heterocycles. The van der Waals surface area contributed by atoms with Gasteiger partial charge in [0.15, 0.2) is 0 Å². The number of rotatable bonds is 3. The zero-order chi connectivity index (χ0) is 22.4. The van der Waals surface area contributed by atoms with E-state index in [-0.39, 0.29) is 23.5 Å². The summed E-state index contributed by atoms with van der Waals surface area (Å²) in [6.07, 6.45) is -2.99. The number of nitrogens with zero attached hydrogens (tertiary/aromatic N) is 2. The van der Waals surface area contributed by atoms with E-state index in [0.717, 1.165) is 28.6 Å². The third-order valence-electron chi connectivity index (χ3n) is 5.22. The summed E-state index contributed by atoms with van der Waals surface area (Å²) in [6, 6.07) is 9.28. The van der Waals surface area contributed by atoms with Crippen LogP contribution in [0, 0.1) is 6.92 Å². The van der Waals surface area contributed by atoms with Crippen molar-refractivity contribution in [3.8, 4) is 0 Å². The Balaban J connectivity index is 1.84. The third kappa shape index (κ3) is 3.77. The number of amides is 1. The molecule has 10 heteroatoms. The fraction of sp³-hybridized carbons (Fsp3) is 0.238. The lowest BCUT2D eigenvalue weighted by atomic mass is 10.0. The van der Waals surface area contributed by atoms with Gasteiger partial charge in [-0.3, -0.25) is 9.78 Å². The van der Waals surface area contributed by atoms with Gasteiger partial charge in [-0.2, -0.15) is 17.5 Å². The van der Waals surface area contributed by atoms with Gasteiger partial charge in [0.1, 0.15) is 6.04 Å². The van der Waals surface area contributed by atoms with Gasteiger partial charge in [-0.05, 0) is 48.4 Å². The molecular formula is C21H18F3N3O3S. The topological polar surface area (TPSA) is 79.4 Å². The molecule has 1 aliphatic heterocycles. The molecule has 1 aliphatic rings. The lowest BCUT2D eigenvalue weighted by Gasteiger charge is -2.35. The molecule has 1 saturated heterocycles. The first-order valence-corrected chi connectivity index (χ1v) is 10.9. The van der Waals surface area contributed by atoms with E-state index in [1.807, 2.05) is 0 Å². The molecular weight excluding hydrogens is 431 g/mol. The van der Waals surface area contributed by atoms with Gasteiger partial charge in [0.05, 0.1) is 16.0 Å². The highest BCUT2D eigenvalue weighted by atomic mass is 32.2. The Morgan fingerprint density at radius 2 is 1.81 bits per heavy atom. The molecule has 162 valence electrons. The summed E-state index contributed by atoms with van der Waals surface area (Å²) in [5.41, 5.74) is 0.250. The number of alkyl halides is 3. The van der Waals surface area contributed by atoms with Crippen molar-refractivity contribution >= 4 is 26.8 Å². The minimum absolute atomic E-state index is 0.0180. The van der Waals surface area contributed by atoms with E-state index in [1.54, 1.807) is 37.4 Å². The number of aromatic nitrogens is 1. The van der Waals surface area contributed by atoms with Crippen molar-refractivity contribution in [1.82, 2.24) is 14.6 Å². The fourth-order valence-corrected chi connectivity index (χ4v) is 5.76. The number of halogens is 3. The molecule has 31 heavy (non-hydrogen) atoms. The van der Waals surface area contributed by atoms with Crippen LogP contribution in [0.4, 0.5) is 13.2 Å². The van der Waals surface area contributed by atoms with Gasteiger partial charge in [-0.15, -0.1) is 0 Å². The highest BCUT2D eigenvalue weighted by Crippen LogP contribution is 2.36. The van der Waals surface area contributed by atoms with Gasteiger partial charge in [0, 0.05) is 24.7 Å². The number of carbonyl (C=O) groups is 1. The lowest BCUT2D eigenvalue weighted by molar-refractivity contribution is -0.137. The van der Waals surface area contributed by atoms with Crippen molar-refractivity contribution in [3.05, 3.63) is 71.4 Å². The van der Waals surface area contributed by atoms with Crippen molar-refractivity contribution in [3.63, 3.8) is 0 Å². The number of pyridine rings is 1. The summed E-state index contributed by atoms with van der Waals surface area (Å²) in [5.74, 6) is -0.592. The van der Waals surface area contributed by atoms with Crippen LogP contribution in [-0.4, -0.2) is 36.7 Å². The number of carbonyl (C=O) groups excluding carboxylic acids is 1. The maximum absolute atomic E-state index is 13.7. The van der Waals surface area contributed by atoms with Gasteiger partial charge in [0.2, 0.25) is 15.9 Å². The van der Waals surface area contributed by atoms with Crippen LogP contribution in [-0.2, 0) is 21.0 Å². The van der Waals surface area contributed by atoms with Crippen LogP contribution in [0.15, 0.2) is 59.6 Å². The molecule has 2 aromatic carbocycles. The van der Waals surface area contributed by atoms with Crippen LogP contribution >= 0.6 is 0 Å². The maximum Gasteiger partial charge on any atom is 0.416 e. The molecule has 1 atom stereocenters. The Morgan fingerprint density at radius 1 is 1.10 bits per heavy atom. The van der Waals surface area contributed by atoms with Gasteiger partial charge in [-0.1, -0.05) is 18.2 Å². The van der Waals surface area contributed by atoms with Crippen molar-refractivity contribution in [2.24, 2.45) is 0 Å². The normalized spacial score (nSPS) is 18.2. The van der Waals surface area contributed by atoms with Crippen molar-refractivity contribution < 1.29 is 26.4 Å². The molecule has 3 aromatic rings. The fourth-order valence-electron chi connectivity index (χ4n) is 3.77. The van der Waals surface area contributed by atoms with Crippen LogP contribution in [0.5, 0.6) is 0 Å². The molecule has 0 bridgehead atoms. The Hall–Kier alpha value is -2.98. The van der Waals surface area contributed by atoms with E-state index in [1.165, 1.54) is 0 Å². The molecule has 1 N–H and O–H groups in total. The van der Waals surface area contributed by atoms with Crippen molar-refractivity contribution in [2.75, 3.05) is 13.1 Å². The number of fused-ring (bicyclic) bond motifs is 1. The van der Waals surface area contributed by atoms with Crippen molar-refractivity contribution in [2.45, 2.75) is 24.0 Å². The highest BCUT2D eigenvalue weighted by Gasteiger charge is 2.41. The predicted molar refractivity (Wildman–Crippen MR) is 108 cm³/mol. The number of benzene rings is 2. The Labute approximate surface area is 176 Å². The standard InChI is InChI=1S/C21H18F3N3O3S/c1-13-4-9-17-16(3-2-10-25-17)19(13)31(29,30)27-12-11-26-20(28)18(27)14-5-7-15(8-6-14)21(22,23)24/h2-10,18H,11-12H2,1H3,(H,26,28). The average Bonchev–Trinajstić information content (AvgIpc) is 2.72. The zero-order valence-electron chi connectivity index (χ0n) is 16.3. The Morgan fingerprint density at radius 3 is 2.48 bits per heavy atom. The number of aryl methyl sites for hydroxylation is 1. The quantitative estimate of drug-likeness (QED) is 0.665. The van der Waals surface area contributed by atoms with Crippen LogP contribution in [0.2, 0.25) is 0 Å². The summed E-state index contributed by atoms with van der Waals surface area (Å²) < 4.78 is 67.3. The smallest absolute Gasteiger partial charge is 0.353 e. The number of sulfonamides is 1. The minimum Gasteiger partial charge on any atom is -0.353 e. The summed E-state index contributed by atoms with van der Waals surface area (Å²) in [7, 11) is -4.18. The van der Waals surface area contributed by atoms with Gasteiger partial charge in [0.25, 0.3) is 0 Å². The lowest BCUT2D eigenvalue weighted by Crippen LogP contribution is -2.52. The summed E-state index contributed by atoms with van der Waals surface area (Å²) >= 11 is 0. The van der Waals surface area contributed by atoms with E-state index in [4.69, 9.17) is 0 Å². The van der Waals surface area contributed by atoms with Gasteiger partial charge < -0.3 is 5.32 Å². The predicted octanol–water partition coefficient (Wildman–Crippen LogP) is 3.42. The molecule has 0 saturated carbocycles. The molecule has 0 aliphatic carbocycles. The second-order valence-electron chi connectivity index (χ2n) is 7.21. The average molecular weight is 449 g/mol. The van der Waals surface area contributed by atoms with Crippen LogP contribution < -0.4 is 5.32 Å². The second-order valence-corrected chi connectivity index (χ2v) is 9.04. The first kappa shape index (κ1) is 21.3. The molecule has 1 unspecified atom stereocenters. The van der Waals surface area contributed by atoms with E-state index in [0.29, 0.717) is 16.5 Å². The molecule has 0 spiro atoms. The van der Waals surface area contributed by atoms with E-state index < -0.39 is 33.7 Å². The maximum atomic E-state index is 13.7. The van der Waals surface area contributed by atoms with Gasteiger partial charge in [-0.25, -0.2) is 8.42 Å². The van der Waals surface area contributed by atoms with Gasteiger partial charge >= 0.3 is 6.18 Å². The Kier molecular flexibility index (Phi) is 5.22. The van der Waals surface area contributed by atoms with Crippen LogP contribution in [0.1, 0.15) is 22.7 Å². The first-order valence-electron chi connectivity index (χ1n) is 9.42. The number of piperazine rings is 1. The zero-order valence-corrected chi connectivity index (χ0v) is 17.2. The largest absolute Gasteiger partial charge is 0.416 e. The number of hydrogen-bond acceptors (Lipinski definition) is 4.